The van der Waals surface area contributed by atoms with Crippen molar-refractivity contribution in [2.24, 2.45) is 0 Å². The molecule has 0 aliphatic heterocycles. The maximum atomic E-state index is 12.4. The van der Waals surface area contributed by atoms with E-state index in [-0.39, 0.29) is 4.90 Å². The molecule has 0 amide bonds. The molecule has 0 aliphatic carbocycles. The number of anilines is 1. The van der Waals surface area contributed by atoms with Gasteiger partial charge in [0.05, 0.1) is 23.9 Å². The van der Waals surface area contributed by atoms with Crippen molar-refractivity contribution in [1.82, 2.24) is 4.98 Å². The van der Waals surface area contributed by atoms with Gasteiger partial charge in [0.2, 0.25) is 5.88 Å². The fourth-order valence-corrected chi connectivity index (χ4v) is 3.28. The van der Waals surface area contributed by atoms with Gasteiger partial charge in [0.25, 0.3) is 10.0 Å². The Bertz CT molecular complexity index is 907. The van der Waals surface area contributed by atoms with Gasteiger partial charge in [-0.25, -0.2) is 13.4 Å². The van der Waals surface area contributed by atoms with Crippen LogP contribution in [0.5, 0.6) is 5.88 Å². The van der Waals surface area contributed by atoms with Crippen molar-refractivity contribution in [3.8, 4) is 17.0 Å². The monoisotopic (exact) mass is 340 g/mol. The van der Waals surface area contributed by atoms with Crippen LogP contribution in [0, 0.1) is 0 Å². The van der Waals surface area contributed by atoms with Crippen molar-refractivity contribution in [2.45, 2.75) is 4.90 Å². The van der Waals surface area contributed by atoms with Crippen LogP contribution in [0.2, 0.25) is 0 Å². The Morgan fingerprint density at radius 2 is 1.54 bits per heavy atom. The summed E-state index contributed by atoms with van der Waals surface area (Å²) in [6.07, 6.45) is 1.41. The van der Waals surface area contributed by atoms with Gasteiger partial charge >= 0.3 is 0 Å². The zero-order chi connectivity index (χ0) is 17.0. The van der Waals surface area contributed by atoms with E-state index in [2.05, 4.69) is 9.71 Å². The molecule has 5 nitrogen and oxygen atoms in total. The minimum absolute atomic E-state index is 0.193. The Morgan fingerprint density at radius 3 is 2.12 bits per heavy atom. The minimum Gasteiger partial charge on any atom is -0.481 e. The molecule has 1 aromatic heterocycles. The number of nitrogens with zero attached hydrogens (tertiary/aromatic N) is 1. The number of methoxy groups -OCH3 is 1. The molecule has 0 unspecified atom stereocenters. The highest BCUT2D eigenvalue weighted by atomic mass is 32.2. The predicted molar refractivity (Wildman–Crippen MR) is 93.5 cm³/mol. The lowest BCUT2D eigenvalue weighted by atomic mass is 10.1. The topological polar surface area (TPSA) is 68.3 Å². The summed E-state index contributed by atoms with van der Waals surface area (Å²) in [7, 11) is -2.16. The number of hydrogen-bond donors (Lipinski definition) is 1. The number of hydrogen-bond acceptors (Lipinski definition) is 4. The molecular formula is C18H16N2O3S. The summed E-state index contributed by atoms with van der Waals surface area (Å²) in [5, 5.41) is 0. The number of nitrogens with one attached hydrogen (secondary N) is 1. The molecule has 0 saturated heterocycles. The third kappa shape index (κ3) is 3.55. The highest BCUT2D eigenvalue weighted by Crippen LogP contribution is 2.22. The second kappa shape index (κ2) is 6.72. The van der Waals surface area contributed by atoms with Crippen LogP contribution >= 0.6 is 0 Å². The van der Waals surface area contributed by atoms with Crippen molar-refractivity contribution >= 4 is 15.7 Å². The number of ether oxygens (including phenoxy) is 1. The Hall–Kier alpha value is -2.86. The zero-order valence-electron chi connectivity index (χ0n) is 13.0. The van der Waals surface area contributed by atoms with Gasteiger partial charge < -0.3 is 4.74 Å². The van der Waals surface area contributed by atoms with Gasteiger partial charge in [0, 0.05) is 6.07 Å². The summed E-state index contributed by atoms with van der Waals surface area (Å²) >= 11 is 0. The minimum atomic E-state index is -3.66. The van der Waals surface area contributed by atoms with E-state index in [9.17, 15) is 8.42 Å². The van der Waals surface area contributed by atoms with E-state index in [1.54, 1.807) is 36.4 Å². The zero-order valence-corrected chi connectivity index (χ0v) is 13.8. The first-order valence-electron chi connectivity index (χ1n) is 7.27. The molecule has 3 rings (SSSR count). The van der Waals surface area contributed by atoms with E-state index < -0.39 is 10.0 Å². The van der Waals surface area contributed by atoms with Crippen LogP contribution in [0.1, 0.15) is 0 Å². The van der Waals surface area contributed by atoms with Gasteiger partial charge in [-0.1, -0.05) is 42.5 Å². The van der Waals surface area contributed by atoms with Crippen LogP contribution in [0.4, 0.5) is 5.69 Å². The van der Waals surface area contributed by atoms with Crippen LogP contribution in [0.15, 0.2) is 77.8 Å². The normalized spacial score (nSPS) is 11.0. The molecule has 1 N–H and O–H groups in total. The lowest BCUT2D eigenvalue weighted by molar-refractivity contribution is 0.398. The Kier molecular flexibility index (Phi) is 4.48. The molecule has 0 bridgehead atoms. The van der Waals surface area contributed by atoms with Crippen molar-refractivity contribution in [2.75, 3.05) is 11.8 Å². The van der Waals surface area contributed by atoms with E-state index in [0.717, 1.165) is 11.1 Å². The molecule has 0 fully saturated rings. The summed E-state index contributed by atoms with van der Waals surface area (Å²) < 4.78 is 32.3. The molecule has 0 aliphatic rings. The van der Waals surface area contributed by atoms with Crippen LogP contribution in [0.3, 0.4) is 0 Å². The fraction of sp³-hybridized carbons (Fsp3) is 0.0556. The number of benzene rings is 2. The quantitative estimate of drug-likeness (QED) is 0.771. The number of sulfonamides is 1. The van der Waals surface area contributed by atoms with Crippen LogP contribution in [-0.4, -0.2) is 20.5 Å². The lowest BCUT2D eigenvalue weighted by Gasteiger charge is -2.09. The van der Waals surface area contributed by atoms with Gasteiger partial charge in [0.15, 0.2) is 0 Å². The van der Waals surface area contributed by atoms with Gasteiger partial charge in [-0.05, 0) is 29.3 Å². The van der Waals surface area contributed by atoms with Crippen molar-refractivity contribution in [3.63, 3.8) is 0 Å². The van der Waals surface area contributed by atoms with Crippen molar-refractivity contribution < 1.29 is 13.2 Å². The first kappa shape index (κ1) is 16.0. The van der Waals surface area contributed by atoms with Gasteiger partial charge in [-0.2, -0.15) is 0 Å². The highest BCUT2D eigenvalue weighted by molar-refractivity contribution is 7.92. The standard InChI is InChI=1S/C18H16N2O3S/c1-23-18-12-9-16(13-19-18)20-24(21,22)17-10-7-15(8-11-17)14-5-3-2-4-6-14/h2-13,20H,1H3. The fourth-order valence-electron chi connectivity index (χ4n) is 2.23. The molecule has 6 heteroatoms. The summed E-state index contributed by atoms with van der Waals surface area (Å²) in [6.45, 7) is 0. The summed E-state index contributed by atoms with van der Waals surface area (Å²) in [5.74, 6) is 0.421. The maximum absolute atomic E-state index is 12.4. The molecule has 0 atom stereocenters. The number of pyridine rings is 1. The van der Waals surface area contributed by atoms with Crippen LogP contribution < -0.4 is 9.46 Å². The van der Waals surface area contributed by atoms with E-state index in [1.807, 2.05) is 30.3 Å². The van der Waals surface area contributed by atoms with Gasteiger partial charge in [0.1, 0.15) is 0 Å². The van der Waals surface area contributed by atoms with Crippen LogP contribution in [-0.2, 0) is 10.0 Å². The Labute approximate surface area is 141 Å². The average molecular weight is 340 g/mol. The van der Waals surface area contributed by atoms with Crippen LogP contribution in [0.25, 0.3) is 11.1 Å². The third-order valence-electron chi connectivity index (χ3n) is 3.47. The maximum Gasteiger partial charge on any atom is 0.261 e. The van der Waals surface area contributed by atoms with E-state index in [0.29, 0.717) is 11.6 Å². The molecular weight excluding hydrogens is 324 g/mol. The molecule has 2 aromatic carbocycles. The van der Waals surface area contributed by atoms with Crippen molar-refractivity contribution in [1.29, 1.82) is 0 Å². The van der Waals surface area contributed by atoms with Gasteiger partial charge in [-0.3, -0.25) is 4.72 Å². The first-order chi connectivity index (χ1) is 11.6. The summed E-state index contributed by atoms with van der Waals surface area (Å²) in [4.78, 5) is 4.17. The van der Waals surface area contributed by atoms with Gasteiger partial charge in [-0.15, -0.1) is 0 Å². The molecule has 0 saturated carbocycles. The molecule has 0 radical (unpaired) electrons. The first-order valence-corrected chi connectivity index (χ1v) is 8.75. The molecule has 1 heterocycles. The van der Waals surface area contributed by atoms with E-state index in [4.69, 9.17) is 4.74 Å². The Morgan fingerprint density at radius 1 is 0.875 bits per heavy atom. The second-order valence-electron chi connectivity index (χ2n) is 5.09. The number of aromatic nitrogens is 1. The smallest absolute Gasteiger partial charge is 0.261 e. The predicted octanol–water partition coefficient (Wildman–Crippen LogP) is 3.56. The summed E-state index contributed by atoms with van der Waals surface area (Å²) in [5.41, 5.74) is 2.37. The SMILES string of the molecule is COc1ccc(NS(=O)(=O)c2ccc(-c3ccccc3)cc2)cn1. The highest BCUT2D eigenvalue weighted by Gasteiger charge is 2.14. The van der Waals surface area contributed by atoms with Crippen molar-refractivity contribution in [3.05, 3.63) is 72.9 Å². The second-order valence-corrected chi connectivity index (χ2v) is 6.77. The summed E-state index contributed by atoms with van der Waals surface area (Å²) in [6, 6.07) is 19.7. The largest absolute Gasteiger partial charge is 0.481 e. The molecule has 3 aromatic rings. The van der Waals surface area contributed by atoms with E-state index in [1.165, 1.54) is 13.3 Å². The average Bonchev–Trinajstić information content (AvgIpc) is 2.63. The molecule has 24 heavy (non-hydrogen) atoms. The molecule has 0 spiro atoms. The third-order valence-corrected chi connectivity index (χ3v) is 4.87. The lowest BCUT2D eigenvalue weighted by Crippen LogP contribution is -2.13. The molecule has 122 valence electrons. The van der Waals surface area contributed by atoms with E-state index >= 15 is 0 Å². The Balaban J connectivity index is 1.81. The number of rotatable bonds is 5.